The Morgan fingerprint density at radius 2 is 1.85 bits per heavy atom. The summed E-state index contributed by atoms with van der Waals surface area (Å²) < 4.78 is 10.4. The highest BCUT2D eigenvalue weighted by Gasteiger charge is 2.19. The minimum atomic E-state index is -0.397. The minimum Gasteiger partial charge on any atom is -0.385 e. The lowest BCUT2D eigenvalue weighted by Gasteiger charge is -2.11. The van der Waals surface area contributed by atoms with Crippen LogP contribution in [-0.4, -0.2) is 38.9 Å². The van der Waals surface area contributed by atoms with Gasteiger partial charge in [0.15, 0.2) is 11.2 Å². The van der Waals surface area contributed by atoms with Gasteiger partial charge >= 0.3 is 5.69 Å². The molecule has 27 heavy (non-hydrogen) atoms. The first-order chi connectivity index (χ1) is 12.9. The van der Waals surface area contributed by atoms with E-state index >= 15 is 0 Å². The Morgan fingerprint density at radius 3 is 2.52 bits per heavy atom. The number of hydrogen-bond acceptors (Lipinski definition) is 5. The van der Waals surface area contributed by atoms with Gasteiger partial charge in [0.05, 0.1) is 6.54 Å². The molecule has 0 amide bonds. The fraction of sp³-hybridized carbons (Fsp3) is 0.389. The lowest BCUT2D eigenvalue weighted by atomic mass is 10.2. The second-order valence-corrected chi connectivity index (χ2v) is 7.21. The lowest BCUT2D eigenvalue weighted by Crippen LogP contribution is -2.37. The van der Waals surface area contributed by atoms with Crippen LogP contribution < -0.4 is 16.6 Å². The maximum atomic E-state index is 12.8. The fourth-order valence-corrected chi connectivity index (χ4v) is 3.19. The molecule has 0 spiro atoms. The van der Waals surface area contributed by atoms with E-state index in [1.54, 1.807) is 14.2 Å². The maximum Gasteiger partial charge on any atom is 0.332 e. The highest BCUT2D eigenvalue weighted by atomic mass is 79.9. The van der Waals surface area contributed by atoms with Crippen LogP contribution in [0.3, 0.4) is 0 Å². The van der Waals surface area contributed by atoms with Gasteiger partial charge in [0, 0.05) is 38.8 Å². The zero-order valence-corrected chi connectivity index (χ0v) is 17.1. The summed E-state index contributed by atoms with van der Waals surface area (Å²) in [7, 11) is 4.75. The highest BCUT2D eigenvalue weighted by Crippen LogP contribution is 2.19. The van der Waals surface area contributed by atoms with Gasteiger partial charge in [0.1, 0.15) is 0 Å². The number of ether oxygens (including phenoxy) is 1. The molecule has 0 aliphatic heterocycles. The molecular formula is C18H22BrN5O3. The van der Waals surface area contributed by atoms with Crippen LogP contribution in [0.1, 0.15) is 12.0 Å². The third-order valence-corrected chi connectivity index (χ3v) is 4.94. The van der Waals surface area contributed by atoms with Gasteiger partial charge in [-0.3, -0.25) is 18.5 Å². The molecule has 0 saturated carbocycles. The average Bonchev–Trinajstić information content (AvgIpc) is 3.02. The summed E-state index contributed by atoms with van der Waals surface area (Å²) in [4.78, 5) is 29.6. The molecule has 9 heteroatoms. The molecular weight excluding hydrogens is 414 g/mol. The van der Waals surface area contributed by atoms with Crippen molar-refractivity contribution < 1.29 is 4.74 Å². The zero-order chi connectivity index (χ0) is 19.6. The Kier molecular flexibility index (Phi) is 5.81. The number of methoxy groups -OCH3 is 1. The topological polar surface area (TPSA) is 83.1 Å². The van der Waals surface area contributed by atoms with Crippen molar-refractivity contribution in [2.45, 2.75) is 13.0 Å². The molecule has 0 atom stereocenters. The minimum absolute atomic E-state index is 0.359. The summed E-state index contributed by atoms with van der Waals surface area (Å²) in [5, 5.41) is 3.26. The van der Waals surface area contributed by atoms with Crippen LogP contribution in [0.2, 0.25) is 0 Å². The third-order valence-electron chi connectivity index (χ3n) is 4.41. The monoisotopic (exact) mass is 435 g/mol. The summed E-state index contributed by atoms with van der Waals surface area (Å²) in [6, 6.07) is 7.87. The number of halogens is 1. The molecule has 0 fully saturated rings. The Morgan fingerprint density at radius 1 is 1.15 bits per heavy atom. The first-order valence-electron chi connectivity index (χ1n) is 8.57. The molecule has 3 rings (SSSR count). The van der Waals surface area contributed by atoms with Crippen molar-refractivity contribution in [1.29, 1.82) is 0 Å². The normalized spacial score (nSPS) is 11.3. The lowest BCUT2D eigenvalue weighted by molar-refractivity contribution is 0.197. The Bertz CT molecular complexity index is 1070. The smallest absolute Gasteiger partial charge is 0.332 e. The number of nitrogens with zero attached hydrogens (tertiary/aromatic N) is 4. The molecule has 0 saturated heterocycles. The molecule has 0 aliphatic carbocycles. The van der Waals surface area contributed by atoms with Crippen molar-refractivity contribution in [3.8, 4) is 0 Å². The van der Waals surface area contributed by atoms with Crippen LogP contribution in [0, 0.1) is 0 Å². The fourth-order valence-electron chi connectivity index (χ4n) is 2.92. The first-order valence-corrected chi connectivity index (χ1v) is 9.37. The molecule has 0 radical (unpaired) electrons. The Balaban J connectivity index is 2.12. The van der Waals surface area contributed by atoms with Crippen molar-refractivity contribution in [3.63, 3.8) is 0 Å². The van der Waals surface area contributed by atoms with Crippen molar-refractivity contribution >= 4 is 33.0 Å². The van der Waals surface area contributed by atoms with E-state index in [0.29, 0.717) is 36.8 Å². The van der Waals surface area contributed by atoms with Gasteiger partial charge in [-0.2, -0.15) is 4.98 Å². The van der Waals surface area contributed by atoms with Gasteiger partial charge in [-0.1, -0.05) is 28.1 Å². The number of aromatic nitrogens is 4. The van der Waals surface area contributed by atoms with Crippen LogP contribution >= 0.6 is 15.9 Å². The number of nitrogens with one attached hydrogen (secondary N) is 1. The molecule has 144 valence electrons. The van der Waals surface area contributed by atoms with Crippen LogP contribution in [0.25, 0.3) is 11.2 Å². The number of rotatable bonds is 7. The summed E-state index contributed by atoms with van der Waals surface area (Å²) in [5.41, 5.74) is 1.04. The van der Waals surface area contributed by atoms with Gasteiger partial charge in [-0.05, 0) is 24.1 Å². The van der Waals surface area contributed by atoms with Crippen molar-refractivity contribution in [3.05, 3.63) is 55.1 Å². The molecule has 0 bridgehead atoms. The van der Waals surface area contributed by atoms with E-state index in [9.17, 15) is 9.59 Å². The molecule has 2 heterocycles. The van der Waals surface area contributed by atoms with Crippen LogP contribution in [0.5, 0.6) is 0 Å². The van der Waals surface area contributed by atoms with Crippen molar-refractivity contribution in [1.82, 2.24) is 18.7 Å². The van der Waals surface area contributed by atoms with Gasteiger partial charge < -0.3 is 10.1 Å². The van der Waals surface area contributed by atoms with Gasteiger partial charge in [0.2, 0.25) is 5.95 Å². The van der Waals surface area contributed by atoms with Gasteiger partial charge in [-0.15, -0.1) is 0 Å². The average molecular weight is 436 g/mol. The largest absolute Gasteiger partial charge is 0.385 e. The van der Waals surface area contributed by atoms with E-state index in [1.807, 2.05) is 28.8 Å². The van der Waals surface area contributed by atoms with E-state index < -0.39 is 5.69 Å². The summed E-state index contributed by atoms with van der Waals surface area (Å²) >= 11 is 3.43. The van der Waals surface area contributed by atoms with Crippen molar-refractivity contribution in [2.24, 2.45) is 14.1 Å². The second-order valence-electron chi connectivity index (χ2n) is 6.30. The standard InChI is InChI=1S/C18H22BrN5O3/c1-22-15-14(16(25)23(2)18(22)26)24(11-12-5-7-13(19)8-6-12)17(21-15)20-9-4-10-27-3/h5-8H,4,9-11H2,1-3H3,(H,20,21). The predicted molar refractivity (Wildman–Crippen MR) is 108 cm³/mol. The van der Waals surface area contributed by atoms with Gasteiger partial charge in [0.25, 0.3) is 5.56 Å². The number of anilines is 1. The molecule has 0 aliphatic rings. The molecule has 1 aromatic carbocycles. The number of hydrogen-bond donors (Lipinski definition) is 1. The highest BCUT2D eigenvalue weighted by molar-refractivity contribution is 9.10. The number of imidazole rings is 1. The zero-order valence-electron chi connectivity index (χ0n) is 15.5. The summed E-state index contributed by atoms with van der Waals surface area (Å²) in [5.74, 6) is 0.558. The van der Waals surface area contributed by atoms with E-state index in [2.05, 4.69) is 26.2 Å². The summed E-state index contributed by atoms with van der Waals surface area (Å²) in [6.07, 6.45) is 0.801. The first kappa shape index (κ1) is 19.4. The molecule has 1 N–H and O–H groups in total. The van der Waals surface area contributed by atoms with Gasteiger partial charge in [-0.25, -0.2) is 4.79 Å². The van der Waals surface area contributed by atoms with Crippen LogP contribution in [0.4, 0.5) is 5.95 Å². The van der Waals surface area contributed by atoms with Crippen molar-refractivity contribution in [2.75, 3.05) is 25.6 Å². The molecule has 3 aromatic rings. The number of benzene rings is 1. The number of aryl methyl sites for hydroxylation is 1. The molecule has 8 nitrogen and oxygen atoms in total. The Labute approximate surface area is 164 Å². The molecule has 2 aromatic heterocycles. The quantitative estimate of drug-likeness (QED) is 0.570. The predicted octanol–water partition coefficient (Wildman–Crippen LogP) is 1.69. The van der Waals surface area contributed by atoms with E-state index in [1.165, 1.54) is 11.6 Å². The van der Waals surface area contributed by atoms with E-state index in [0.717, 1.165) is 21.0 Å². The van der Waals surface area contributed by atoms with E-state index in [-0.39, 0.29) is 5.56 Å². The number of fused-ring (bicyclic) bond motifs is 1. The van der Waals surface area contributed by atoms with Crippen LogP contribution in [0.15, 0.2) is 38.3 Å². The summed E-state index contributed by atoms with van der Waals surface area (Å²) in [6.45, 7) is 1.73. The molecule has 0 unspecified atom stereocenters. The maximum absolute atomic E-state index is 12.8. The second kappa shape index (κ2) is 8.10. The Hall–Kier alpha value is -2.39. The van der Waals surface area contributed by atoms with Crippen LogP contribution in [-0.2, 0) is 25.4 Å². The SMILES string of the molecule is COCCCNc1nc2c(c(=O)n(C)c(=O)n2C)n1Cc1ccc(Br)cc1. The third kappa shape index (κ3) is 3.84. The van der Waals surface area contributed by atoms with E-state index in [4.69, 9.17) is 4.74 Å².